The third-order valence-corrected chi connectivity index (χ3v) is 2.88. The summed E-state index contributed by atoms with van der Waals surface area (Å²) in [5.41, 5.74) is 4.34. The number of phenols is 1. The topological polar surface area (TPSA) is 36.0 Å². The number of aromatic hydroxyl groups is 1. The van der Waals surface area contributed by atoms with Crippen LogP contribution in [0.25, 0.3) is 11.3 Å². The average molecular weight is 215 g/mol. The van der Waals surface area contributed by atoms with Crippen LogP contribution in [0.5, 0.6) is 5.75 Å². The average Bonchev–Trinajstić information content (AvgIpc) is 2.70. The van der Waals surface area contributed by atoms with E-state index in [0.29, 0.717) is 11.7 Å². The maximum absolute atomic E-state index is 9.87. The van der Waals surface area contributed by atoms with Crippen molar-refractivity contribution >= 4 is 0 Å². The molecule has 0 atom stereocenters. The molecular weight excluding hydrogens is 198 g/mol. The van der Waals surface area contributed by atoms with Gasteiger partial charge in [0.2, 0.25) is 0 Å². The maximum atomic E-state index is 9.87. The molecule has 1 aromatic heterocycles. The molecule has 2 heteroatoms. The number of aromatic nitrogens is 1. The van der Waals surface area contributed by atoms with E-state index in [-0.39, 0.29) is 0 Å². The van der Waals surface area contributed by atoms with E-state index < -0.39 is 0 Å². The molecular formula is C14H17NO. The molecule has 0 aliphatic rings. The minimum atomic E-state index is 0.328. The Labute approximate surface area is 96.0 Å². The van der Waals surface area contributed by atoms with Gasteiger partial charge in [0.25, 0.3) is 0 Å². The molecule has 84 valence electrons. The first kappa shape index (κ1) is 10.8. The summed E-state index contributed by atoms with van der Waals surface area (Å²) in [5, 5.41) is 9.87. The van der Waals surface area contributed by atoms with Gasteiger partial charge in [-0.15, -0.1) is 0 Å². The molecule has 2 rings (SSSR count). The van der Waals surface area contributed by atoms with Crippen LogP contribution in [-0.4, -0.2) is 10.1 Å². The van der Waals surface area contributed by atoms with Crippen molar-refractivity contribution in [2.24, 2.45) is 0 Å². The first-order chi connectivity index (χ1) is 7.59. The smallest absolute Gasteiger partial charge is 0.119 e. The largest absolute Gasteiger partial charge is 0.508 e. The monoisotopic (exact) mass is 215 g/mol. The molecule has 0 bridgehead atoms. The van der Waals surface area contributed by atoms with Gasteiger partial charge in [0.15, 0.2) is 0 Å². The van der Waals surface area contributed by atoms with Crippen LogP contribution in [-0.2, 0) is 0 Å². The minimum Gasteiger partial charge on any atom is -0.508 e. The fourth-order valence-electron chi connectivity index (χ4n) is 1.96. The first-order valence-electron chi connectivity index (χ1n) is 5.57. The highest BCUT2D eigenvalue weighted by Crippen LogP contribution is 2.32. The summed E-state index contributed by atoms with van der Waals surface area (Å²) >= 11 is 0. The highest BCUT2D eigenvalue weighted by molar-refractivity contribution is 5.66. The van der Waals surface area contributed by atoms with Crippen LogP contribution in [0.3, 0.4) is 0 Å². The fourth-order valence-corrected chi connectivity index (χ4v) is 1.96. The Morgan fingerprint density at radius 3 is 2.56 bits per heavy atom. The zero-order valence-corrected chi connectivity index (χ0v) is 9.91. The molecule has 0 spiro atoms. The second kappa shape index (κ2) is 4.05. The molecule has 16 heavy (non-hydrogen) atoms. The van der Waals surface area contributed by atoms with E-state index in [0.717, 1.165) is 22.4 Å². The number of H-pyrrole nitrogens is 1. The van der Waals surface area contributed by atoms with Gasteiger partial charge in [-0.3, -0.25) is 0 Å². The molecule has 2 N–H and O–H groups in total. The normalized spacial score (nSPS) is 11.0. The van der Waals surface area contributed by atoms with Crippen LogP contribution in [0.4, 0.5) is 0 Å². The van der Waals surface area contributed by atoms with E-state index in [1.165, 1.54) is 0 Å². The van der Waals surface area contributed by atoms with Gasteiger partial charge in [0, 0.05) is 17.5 Å². The van der Waals surface area contributed by atoms with Crippen molar-refractivity contribution < 1.29 is 5.11 Å². The van der Waals surface area contributed by atoms with Gasteiger partial charge in [0.1, 0.15) is 5.75 Å². The minimum absolute atomic E-state index is 0.328. The zero-order chi connectivity index (χ0) is 11.7. The molecule has 0 radical (unpaired) electrons. The molecule has 2 aromatic rings. The van der Waals surface area contributed by atoms with Crippen molar-refractivity contribution in [3.8, 4) is 17.0 Å². The molecule has 0 saturated carbocycles. The molecule has 0 unspecified atom stereocenters. The van der Waals surface area contributed by atoms with Gasteiger partial charge in [-0.05, 0) is 48.2 Å². The molecule has 0 amide bonds. The molecule has 0 aliphatic carbocycles. The van der Waals surface area contributed by atoms with Crippen LogP contribution >= 0.6 is 0 Å². The van der Waals surface area contributed by atoms with Crippen molar-refractivity contribution in [2.75, 3.05) is 0 Å². The number of nitrogens with one attached hydrogen (secondary N) is 1. The van der Waals surface area contributed by atoms with Crippen LogP contribution < -0.4 is 0 Å². The van der Waals surface area contributed by atoms with E-state index in [1.54, 1.807) is 0 Å². The molecule has 1 aromatic carbocycles. The molecule has 2 nitrogen and oxygen atoms in total. The first-order valence-corrected chi connectivity index (χ1v) is 5.57. The third kappa shape index (κ3) is 1.83. The van der Waals surface area contributed by atoms with E-state index in [1.807, 2.05) is 31.3 Å². The van der Waals surface area contributed by atoms with E-state index in [2.05, 4.69) is 24.9 Å². The summed E-state index contributed by atoms with van der Waals surface area (Å²) in [7, 11) is 0. The van der Waals surface area contributed by atoms with Crippen LogP contribution in [0, 0.1) is 6.92 Å². The Hall–Kier alpha value is -1.70. The number of hydrogen-bond donors (Lipinski definition) is 2. The Bertz CT molecular complexity index is 484. The fraction of sp³-hybridized carbons (Fsp3) is 0.286. The number of benzene rings is 1. The molecule has 1 heterocycles. The van der Waals surface area contributed by atoms with Gasteiger partial charge >= 0.3 is 0 Å². The van der Waals surface area contributed by atoms with Crippen molar-refractivity contribution in [2.45, 2.75) is 26.7 Å². The Morgan fingerprint density at radius 2 is 2.00 bits per heavy atom. The Kier molecular flexibility index (Phi) is 2.73. The van der Waals surface area contributed by atoms with Gasteiger partial charge in [-0.2, -0.15) is 0 Å². The lowest BCUT2D eigenvalue weighted by Gasteiger charge is -2.12. The Balaban J connectivity index is 2.58. The highest BCUT2D eigenvalue weighted by atomic mass is 16.3. The van der Waals surface area contributed by atoms with Gasteiger partial charge < -0.3 is 10.1 Å². The third-order valence-electron chi connectivity index (χ3n) is 2.88. The summed E-state index contributed by atoms with van der Waals surface area (Å²) in [6.45, 7) is 6.19. The Morgan fingerprint density at radius 1 is 1.25 bits per heavy atom. The standard InChI is InChI=1S/C14H17NO/c1-9(2)11-8-12(10(3)7-14(11)16)13-5-4-6-15-13/h4-9,15-16H,1-3H3. The summed E-state index contributed by atoms with van der Waals surface area (Å²) < 4.78 is 0. The molecule has 0 aliphatic heterocycles. The lowest BCUT2D eigenvalue weighted by Crippen LogP contribution is -1.92. The van der Waals surface area contributed by atoms with Crippen molar-refractivity contribution in [1.82, 2.24) is 4.98 Å². The number of hydrogen-bond acceptors (Lipinski definition) is 1. The predicted molar refractivity (Wildman–Crippen MR) is 66.7 cm³/mol. The quantitative estimate of drug-likeness (QED) is 0.785. The maximum Gasteiger partial charge on any atom is 0.119 e. The summed E-state index contributed by atoms with van der Waals surface area (Å²) in [4.78, 5) is 3.20. The van der Waals surface area contributed by atoms with Crippen LogP contribution in [0.15, 0.2) is 30.5 Å². The van der Waals surface area contributed by atoms with Crippen molar-refractivity contribution in [1.29, 1.82) is 0 Å². The van der Waals surface area contributed by atoms with E-state index in [4.69, 9.17) is 0 Å². The molecule has 0 fully saturated rings. The lowest BCUT2D eigenvalue weighted by molar-refractivity contribution is 0.464. The zero-order valence-electron chi connectivity index (χ0n) is 9.91. The van der Waals surface area contributed by atoms with Crippen LogP contribution in [0.1, 0.15) is 30.9 Å². The second-order valence-corrected chi connectivity index (χ2v) is 4.46. The van der Waals surface area contributed by atoms with Crippen LogP contribution in [0.2, 0.25) is 0 Å². The SMILES string of the molecule is Cc1cc(O)c(C(C)C)cc1-c1ccc[nH]1. The van der Waals surface area contributed by atoms with Gasteiger partial charge in [-0.1, -0.05) is 13.8 Å². The van der Waals surface area contributed by atoms with Gasteiger partial charge in [-0.25, -0.2) is 0 Å². The second-order valence-electron chi connectivity index (χ2n) is 4.46. The lowest BCUT2D eigenvalue weighted by atomic mass is 9.95. The van der Waals surface area contributed by atoms with Crippen molar-refractivity contribution in [3.63, 3.8) is 0 Å². The highest BCUT2D eigenvalue weighted by Gasteiger charge is 2.11. The summed E-state index contributed by atoms with van der Waals surface area (Å²) in [6.07, 6.45) is 1.91. The predicted octanol–water partition coefficient (Wildman–Crippen LogP) is 3.82. The van der Waals surface area contributed by atoms with E-state index >= 15 is 0 Å². The number of rotatable bonds is 2. The van der Waals surface area contributed by atoms with E-state index in [9.17, 15) is 5.11 Å². The number of phenolic OH excluding ortho intramolecular Hbond substituents is 1. The van der Waals surface area contributed by atoms with Gasteiger partial charge in [0.05, 0.1) is 0 Å². The van der Waals surface area contributed by atoms with Crippen molar-refractivity contribution in [3.05, 3.63) is 41.6 Å². The number of aromatic amines is 1. The molecule has 0 saturated heterocycles. The number of aryl methyl sites for hydroxylation is 1. The summed E-state index contributed by atoms with van der Waals surface area (Å²) in [5.74, 6) is 0.720. The summed E-state index contributed by atoms with van der Waals surface area (Å²) in [6, 6.07) is 7.94.